The number of nitrogens with one attached hydrogen (secondary N) is 2. The molecule has 9 heteroatoms. The fraction of sp³-hybridized carbons (Fsp3) is 0.375. The van der Waals surface area contributed by atoms with Crippen molar-refractivity contribution in [3.63, 3.8) is 0 Å². The van der Waals surface area contributed by atoms with E-state index in [0.717, 1.165) is 12.0 Å². The molecule has 2 aromatic rings. The summed E-state index contributed by atoms with van der Waals surface area (Å²) in [5, 5.41) is 10.1. The molecule has 25 heavy (non-hydrogen) atoms. The summed E-state index contributed by atoms with van der Waals surface area (Å²) in [4.78, 5) is 29.7. The molecule has 0 spiro atoms. The Balaban J connectivity index is 1.65. The Bertz CT molecular complexity index is 761. The van der Waals surface area contributed by atoms with Gasteiger partial charge in [0.1, 0.15) is 12.6 Å². The second-order valence-electron chi connectivity index (χ2n) is 5.76. The number of hydrogen-bond acceptors (Lipinski definition) is 5. The second-order valence-corrected chi connectivity index (χ2v) is 6.20. The van der Waals surface area contributed by atoms with E-state index in [0.29, 0.717) is 23.9 Å². The Labute approximate surface area is 149 Å². The van der Waals surface area contributed by atoms with E-state index in [4.69, 9.17) is 16.1 Å². The molecule has 1 aromatic heterocycles. The van der Waals surface area contributed by atoms with Crippen LogP contribution in [0.3, 0.4) is 0 Å². The minimum absolute atomic E-state index is 0.0401. The van der Waals surface area contributed by atoms with E-state index in [2.05, 4.69) is 20.8 Å². The number of amides is 3. The van der Waals surface area contributed by atoms with E-state index in [1.165, 1.54) is 4.90 Å². The van der Waals surface area contributed by atoms with Gasteiger partial charge in [-0.25, -0.2) is 4.79 Å². The monoisotopic (exact) mass is 363 g/mol. The summed E-state index contributed by atoms with van der Waals surface area (Å²) in [7, 11) is 0. The lowest BCUT2D eigenvalue weighted by Gasteiger charge is -2.21. The van der Waals surface area contributed by atoms with Crippen LogP contribution in [-0.4, -0.2) is 46.6 Å². The molecule has 132 valence electrons. The van der Waals surface area contributed by atoms with Crippen LogP contribution < -0.4 is 10.6 Å². The van der Waals surface area contributed by atoms with Gasteiger partial charge in [0.15, 0.2) is 0 Å². The maximum Gasteiger partial charge on any atom is 0.318 e. The van der Waals surface area contributed by atoms with Crippen LogP contribution in [0, 0.1) is 0 Å². The molecule has 1 saturated heterocycles. The molecule has 1 atom stereocenters. The maximum absolute atomic E-state index is 12.3. The van der Waals surface area contributed by atoms with Gasteiger partial charge in [-0.2, -0.15) is 4.98 Å². The topological polar surface area (TPSA) is 100 Å². The highest BCUT2D eigenvalue weighted by Crippen LogP contribution is 2.20. The molecule has 2 N–H and O–H groups in total. The average Bonchev–Trinajstić information content (AvgIpc) is 2.98. The third kappa shape index (κ3) is 4.27. The zero-order valence-corrected chi connectivity index (χ0v) is 14.4. The molecule has 3 rings (SSSR count). The summed E-state index contributed by atoms with van der Waals surface area (Å²) in [5.41, 5.74) is 0.766. The lowest BCUT2D eigenvalue weighted by Crippen LogP contribution is -2.44. The van der Waals surface area contributed by atoms with Gasteiger partial charge in [-0.3, -0.25) is 4.79 Å². The van der Waals surface area contributed by atoms with Crippen molar-refractivity contribution in [1.82, 2.24) is 25.7 Å². The van der Waals surface area contributed by atoms with Crippen LogP contribution in [0.2, 0.25) is 5.02 Å². The summed E-state index contributed by atoms with van der Waals surface area (Å²) in [6.45, 7) is 2.87. The quantitative estimate of drug-likeness (QED) is 0.868. The summed E-state index contributed by atoms with van der Waals surface area (Å²) < 4.78 is 5.24. The Morgan fingerprint density at radius 1 is 1.40 bits per heavy atom. The van der Waals surface area contributed by atoms with Crippen LogP contribution in [0.5, 0.6) is 0 Å². The van der Waals surface area contributed by atoms with Crippen molar-refractivity contribution in [2.45, 2.75) is 19.4 Å². The lowest BCUT2D eigenvalue weighted by molar-refractivity contribution is -0.121. The van der Waals surface area contributed by atoms with Crippen molar-refractivity contribution in [3.8, 4) is 11.4 Å². The number of aromatic nitrogens is 2. The smallest absolute Gasteiger partial charge is 0.318 e. The van der Waals surface area contributed by atoms with Gasteiger partial charge in [0, 0.05) is 23.7 Å². The van der Waals surface area contributed by atoms with E-state index in [-0.39, 0.29) is 24.4 Å². The highest BCUT2D eigenvalue weighted by atomic mass is 35.5. The number of nitrogens with zero attached hydrogens (tertiary/aromatic N) is 3. The summed E-state index contributed by atoms with van der Waals surface area (Å²) >= 11 is 5.86. The third-order valence-electron chi connectivity index (χ3n) is 3.80. The summed E-state index contributed by atoms with van der Waals surface area (Å²) in [5.74, 6) is 0.544. The van der Waals surface area contributed by atoms with Gasteiger partial charge in [-0.15, -0.1) is 0 Å². The highest BCUT2D eigenvalue weighted by molar-refractivity contribution is 6.30. The Kier molecular flexibility index (Phi) is 5.18. The lowest BCUT2D eigenvalue weighted by atomic mass is 10.2. The fourth-order valence-electron chi connectivity index (χ4n) is 2.44. The third-order valence-corrected chi connectivity index (χ3v) is 4.06. The Morgan fingerprint density at radius 2 is 2.16 bits per heavy atom. The van der Waals surface area contributed by atoms with Gasteiger partial charge in [0.2, 0.25) is 17.6 Å². The zero-order valence-electron chi connectivity index (χ0n) is 13.7. The van der Waals surface area contributed by atoms with E-state index >= 15 is 0 Å². The fourth-order valence-corrected chi connectivity index (χ4v) is 2.57. The molecule has 1 unspecified atom stereocenters. The number of benzene rings is 1. The Hall–Kier alpha value is -2.61. The molecule has 1 aliphatic heterocycles. The molecule has 1 aromatic carbocycles. The molecule has 0 radical (unpaired) electrons. The van der Waals surface area contributed by atoms with Crippen molar-refractivity contribution >= 4 is 23.5 Å². The predicted molar refractivity (Wildman–Crippen MR) is 90.9 cm³/mol. The minimum atomic E-state index is -0.479. The zero-order chi connectivity index (χ0) is 17.8. The van der Waals surface area contributed by atoms with E-state index in [1.54, 1.807) is 31.2 Å². The van der Waals surface area contributed by atoms with Crippen molar-refractivity contribution in [2.24, 2.45) is 0 Å². The molecule has 3 amide bonds. The van der Waals surface area contributed by atoms with Gasteiger partial charge < -0.3 is 20.1 Å². The summed E-state index contributed by atoms with van der Waals surface area (Å²) in [6, 6.07) is 6.24. The number of rotatable bonds is 3. The van der Waals surface area contributed by atoms with E-state index in [9.17, 15) is 9.59 Å². The van der Waals surface area contributed by atoms with Gasteiger partial charge >= 0.3 is 6.03 Å². The molecule has 2 heterocycles. The number of hydrogen-bond donors (Lipinski definition) is 2. The molecular weight excluding hydrogens is 346 g/mol. The normalized spacial score (nSPS) is 16.1. The van der Waals surface area contributed by atoms with Crippen LogP contribution in [0.4, 0.5) is 4.79 Å². The first kappa shape index (κ1) is 17.2. The van der Waals surface area contributed by atoms with Crippen molar-refractivity contribution < 1.29 is 14.1 Å². The van der Waals surface area contributed by atoms with Crippen molar-refractivity contribution in [2.75, 3.05) is 19.6 Å². The first-order valence-electron chi connectivity index (χ1n) is 7.94. The first-order chi connectivity index (χ1) is 12.0. The first-order valence-corrected chi connectivity index (χ1v) is 8.32. The van der Waals surface area contributed by atoms with Crippen molar-refractivity contribution in [1.29, 1.82) is 0 Å². The molecular formula is C16H18ClN5O3. The molecule has 1 aliphatic rings. The molecule has 0 bridgehead atoms. The average molecular weight is 364 g/mol. The van der Waals surface area contributed by atoms with E-state index in [1.807, 2.05) is 0 Å². The van der Waals surface area contributed by atoms with Crippen LogP contribution in [-0.2, 0) is 4.79 Å². The molecule has 0 saturated carbocycles. The number of halogens is 1. The predicted octanol–water partition coefficient (Wildman–Crippen LogP) is 1.98. The molecule has 1 fully saturated rings. The second kappa shape index (κ2) is 7.52. The number of carbonyl (C=O) groups is 2. The largest absolute Gasteiger partial charge is 0.354 e. The van der Waals surface area contributed by atoms with Crippen molar-refractivity contribution in [3.05, 3.63) is 35.2 Å². The van der Waals surface area contributed by atoms with Crippen LogP contribution >= 0.6 is 11.6 Å². The summed E-state index contributed by atoms with van der Waals surface area (Å²) in [6.07, 6.45) is 0.717. The van der Waals surface area contributed by atoms with Crippen LogP contribution in [0.15, 0.2) is 28.8 Å². The number of carbonyl (C=O) groups excluding carboxylic acids is 2. The van der Waals surface area contributed by atoms with Crippen LogP contribution in [0.25, 0.3) is 11.4 Å². The van der Waals surface area contributed by atoms with Gasteiger partial charge in [0.05, 0.1) is 0 Å². The SMILES string of the molecule is CC(NC(=O)N1CCCNC(=O)C1)c1nc(-c2ccc(Cl)cc2)no1. The molecule has 0 aliphatic carbocycles. The highest BCUT2D eigenvalue weighted by Gasteiger charge is 2.23. The minimum Gasteiger partial charge on any atom is -0.354 e. The van der Waals surface area contributed by atoms with Gasteiger partial charge in [0.25, 0.3) is 0 Å². The van der Waals surface area contributed by atoms with Gasteiger partial charge in [-0.05, 0) is 37.6 Å². The van der Waals surface area contributed by atoms with Gasteiger partial charge in [-0.1, -0.05) is 16.8 Å². The van der Waals surface area contributed by atoms with E-state index < -0.39 is 6.04 Å². The van der Waals surface area contributed by atoms with Crippen LogP contribution in [0.1, 0.15) is 25.3 Å². The molecule has 8 nitrogen and oxygen atoms in total. The Morgan fingerprint density at radius 3 is 2.92 bits per heavy atom. The number of urea groups is 1. The maximum atomic E-state index is 12.3. The standard InChI is InChI=1S/C16H18ClN5O3/c1-10(19-16(24)22-8-2-7-18-13(23)9-22)15-20-14(21-25-15)11-3-5-12(17)6-4-11/h3-6,10H,2,7-9H2,1H3,(H,18,23)(H,19,24).